The standard InChI is InChI=1S/C29H30N4O5S2/c34-24(14-6-19-39-23-13-4-11-22-12-5-15-31-26(22)23)30-16-7-17-32-27(35)25(21-9-2-1-3-10-21)28-33(29(32)36)18-8-20-40(28,37)38/h1-5,9-13,15H,6-8,14,16-20H2,(H,30,34). The van der Waals surface area contributed by atoms with Crippen LogP contribution in [-0.2, 0) is 27.7 Å². The Balaban J connectivity index is 1.19. The zero-order valence-corrected chi connectivity index (χ0v) is 23.5. The van der Waals surface area contributed by atoms with Crippen LogP contribution in [0.5, 0.6) is 0 Å². The number of rotatable bonds is 10. The average Bonchev–Trinajstić information content (AvgIpc) is 2.96. The molecule has 1 amide bonds. The summed E-state index contributed by atoms with van der Waals surface area (Å²) in [4.78, 5) is 44.5. The van der Waals surface area contributed by atoms with Gasteiger partial charge in [0.05, 0.1) is 16.8 Å². The minimum atomic E-state index is -3.77. The number of hydrogen-bond donors (Lipinski definition) is 1. The minimum Gasteiger partial charge on any atom is -0.356 e. The van der Waals surface area contributed by atoms with E-state index in [4.69, 9.17) is 0 Å². The molecule has 0 spiro atoms. The molecule has 3 heterocycles. The highest BCUT2D eigenvalue weighted by atomic mass is 32.2. The second-order valence-electron chi connectivity index (χ2n) is 9.60. The number of carbonyl (C=O) groups excluding carboxylic acids is 1. The van der Waals surface area contributed by atoms with E-state index in [1.807, 2.05) is 30.3 Å². The molecule has 0 saturated heterocycles. The zero-order chi connectivity index (χ0) is 28.1. The first-order valence-electron chi connectivity index (χ1n) is 13.3. The van der Waals surface area contributed by atoms with Crippen LogP contribution >= 0.6 is 11.8 Å². The smallest absolute Gasteiger partial charge is 0.332 e. The first-order chi connectivity index (χ1) is 19.4. The number of aromatic nitrogens is 3. The first-order valence-corrected chi connectivity index (χ1v) is 15.9. The van der Waals surface area contributed by atoms with Gasteiger partial charge in [-0.15, -0.1) is 11.8 Å². The average molecular weight is 579 g/mol. The van der Waals surface area contributed by atoms with Crippen LogP contribution < -0.4 is 16.6 Å². The number of fused-ring (bicyclic) bond motifs is 2. The van der Waals surface area contributed by atoms with Crippen molar-refractivity contribution in [1.29, 1.82) is 0 Å². The van der Waals surface area contributed by atoms with Crippen LogP contribution in [-0.4, -0.2) is 46.5 Å². The molecule has 0 fully saturated rings. The molecule has 0 unspecified atom stereocenters. The SMILES string of the molecule is O=C(CCCSc1cccc2cccnc12)NCCCn1c(=O)c(-c2ccccc2)c2n(c1=O)CCCS2(=O)=O. The predicted octanol–water partition coefficient (Wildman–Crippen LogP) is 3.48. The number of nitrogens with one attached hydrogen (secondary N) is 1. The molecule has 0 bridgehead atoms. The van der Waals surface area contributed by atoms with Crippen molar-refractivity contribution in [2.45, 2.75) is 48.7 Å². The second-order valence-corrected chi connectivity index (χ2v) is 12.8. The summed E-state index contributed by atoms with van der Waals surface area (Å²) in [5.41, 5.74) is 0.193. The van der Waals surface area contributed by atoms with Gasteiger partial charge in [-0.2, -0.15) is 0 Å². The van der Waals surface area contributed by atoms with E-state index in [9.17, 15) is 22.8 Å². The maximum atomic E-state index is 13.4. The predicted molar refractivity (Wildman–Crippen MR) is 156 cm³/mol. The van der Waals surface area contributed by atoms with Crippen LogP contribution in [0.1, 0.15) is 25.7 Å². The summed E-state index contributed by atoms with van der Waals surface area (Å²) < 4.78 is 28.1. The Hall–Kier alpha value is -3.70. The van der Waals surface area contributed by atoms with Crippen LogP contribution in [0, 0.1) is 0 Å². The molecule has 9 nitrogen and oxygen atoms in total. The Labute approximate surface area is 236 Å². The Morgan fingerprint density at radius 3 is 2.62 bits per heavy atom. The molecule has 4 aromatic rings. The molecule has 2 aromatic heterocycles. The maximum Gasteiger partial charge on any atom is 0.332 e. The van der Waals surface area contributed by atoms with Gasteiger partial charge >= 0.3 is 5.69 Å². The topological polar surface area (TPSA) is 120 Å². The van der Waals surface area contributed by atoms with Crippen LogP contribution in [0.15, 0.2) is 86.4 Å². The second kappa shape index (κ2) is 12.2. The van der Waals surface area contributed by atoms with Crippen LogP contribution in [0.25, 0.3) is 22.0 Å². The molecule has 0 atom stereocenters. The fourth-order valence-corrected chi connectivity index (χ4v) is 7.64. The van der Waals surface area contributed by atoms with Crippen molar-refractivity contribution >= 4 is 38.4 Å². The van der Waals surface area contributed by atoms with Gasteiger partial charge < -0.3 is 5.32 Å². The molecule has 208 valence electrons. The van der Waals surface area contributed by atoms with Gasteiger partial charge in [0.25, 0.3) is 5.56 Å². The van der Waals surface area contributed by atoms with Crippen molar-refractivity contribution in [2.24, 2.45) is 0 Å². The van der Waals surface area contributed by atoms with E-state index in [1.54, 1.807) is 48.3 Å². The van der Waals surface area contributed by atoms with Crippen LogP contribution in [0.4, 0.5) is 0 Å². The van der Waals surface area contributed by atoms with Crippen molar-refractivity contribution in [3.63, 3.8) is 0 Å². The summed E-state index contributed by atoms with van der Waals surface area (Å²) in [6.07, 6.45) is 3.50. The molecule has 1 aliphatic rings. The summed E-state index contributed by atoms with van der Waals surface area (Å²) in [6.45, 7) is 0.602. The third-order valence-corrected chi connectivity index (χ3v) is 9.79. The van der Waals surface area contributed by atoms with E-state index in [-0.39, 0.29) is 35.3 Å². The van der Waals surface area contributed by atoms with Gasteiger partial charge in [0, 0.05) is 42.5 Å². The van der Waals surface area contributed by atoms with Crippen LogP contribution in [0.2, 0.25) is 0 Å². The van der Waals surface area contributed by atoms with E-state index in [0.717, 1.165) is 26.1 Å². The highest BCUT2D eigenvalue weighted by Gasteiger charge is 2.32. The molecular formula is C29H30N4O5S2. The van der Waals surface area contributed by atoms with Crippen molar-refractivity contribution in [3.8, 4) is 11.1 Å². The van der Waals surface area contributed by atoms with E-state index < -0.39 is 21.1 Å². The Bertz CT molecular complexity index is 1760. The fraction of sp³-hybridized carbons (Fsp3) is 0.310. The summed E-state index contributed by atoms with van der Waals surface area (Å²) in [5.74, 6) is 0.580. The Morgan fingerprint density at radius 2 is 1.80 bits per heavy atom. The summed E-state index contributed by atoms with van der Waals surface area (Å²) in [6, 6.07) is 18.6. The van der Waals surface area contributed by atoms with Gasteiger partial charge in [0.15, 0.2) is 14.9 Å². The number of nitrogens with zero attached hydrogens (tertiary/aromatic N) is 3. The Morgan fingerprint density at radius 1 is 1.00 bits per heavy atom. The van der Waals surface area contributed by atoms with Crippen LogP contribution in [0.3, 0.4) is 0 Å². The maximum absolute atomic E-state index is 13.4. The molecular weight excluding hydrogens is 548 g/mol. The normalized spacial score (nSPS) is 14.1. The molecule has 0 aliphatic carbocycles. The largest absolute Gasteiger partial charge is 0.356 e. The third-order valence-electron chi connectivity index (χ3n) is 6.81. The van der Waals surface area contributed by atoms with E-state index in [1.165, 1.54) is 4.57 Å². The number of sulfone groups is 1. The zero-order valence-electron chi connectivity index (χ0n) is 21.9. The monoisotopic (exact) mass is 578 g/mol. The number of thioether (sulfide) groups is 1. The van der Waals surface area contributed by atoms with Gasteiger partial charge in [-0.25, -0.2) is 13.2 Å². The van der Waals surface area contributed by atoms with Gasteiger partial charge in [0.2, 0.25) is 5.91 Å². The molecule has 5 rings (SSSR count). The molecule has 40 heavy (non-hydrogen) atoms. The fourth-order valence-electron chi connectivity index (χ4n) is 4.92. The third kappa shape index (κ3) is 5.90. The van der Waals surface area contributed by atoms with E-state index in [0.29, 0.717) is 37.8 Å². The minimum absolute atomic E-state index is 0.0304. The highest BCUT2D eigenvalue weighted by Crippen LogP contribution is 2.28. The summed E-state index contributed by atoms with van der Waals surface area (Å²) >= 11 is 1.67. The number of amides is 1. The molecule has 1 N–H and O–H groups in total. The molecule has 0 saturated carbocycles. The lowest BCUT2D eigenvalue weighted by Gasteiger charge is -2.23. The van der Waals surface area contributed by atoms with Crippen molar-refractivity contribution in [3.05, 3.63) is 87.7 Å². The van der Waals surface area contributed by atoms with Gasteiger partial charge in [-0.1, -0.05) is 48.5 Å². The number of pyridine rings is 1. The molecule has 2 aromatic carbocycles. The number of carbonyl (C=O) groups is 1. The highest BCUT2D eigenvalue weighted by molar-refractivity contribution is 7.99. The first kappa shape index (κ1) is 27.9. The molecule has 11 heteroatoms. The van der Waals surface area contributed by atoms with Crippen molar-refractivity contribution in [2.75, 3.05) is 18.1 Å². The molecule has 0 radical (unpaired) electrons. The lowest BCUT2D eigenvalue weighted by Crippen LogP contribution is -2.45. The quantitative estimate of drug-likeness (QED) is 0.174. The van der Waals surface area contributed by atoms with E-state index >= 15 is 0 Å². The Kier molecular flexibility index (Phi) is 8.51. The lowest BCUT2D eigenvalue weighted by atomic mass is 10.1. The van der Waals surface area contributed by atoms with Crippen molar-refractivity contribution in [1.82, 2.24) is 19.4 Å². The van der Waals surface area contributed by atoms with Gasteiger partial charge in [-0.05, 0) is 42.7 Å². The molecule has 1 aliphatic heterocycles. The van der Waals surface area contributed by atoms with Crippen molar-refractivity contribution < 1.29 is 13.2 Å². The van der Waals surface area contributed by atoms with Gasteiger partial charge in [-0.3, -0.25) is 23.7 Å². The number of hydrogen-bond acceptors (Lipinski definition) is 7. The summed E-state index contributed by atoms with van der Waals surface area (Å²) in [5, 5.41) is 3.75. The number of para-hydroxylation sites is 1. The van der Waals surface area contributed by atoms with Gasteiger partial charge in [0.1, 0.15) is 0 Å². The van der Waals surface area contributed by atoms with E-state index in [2.05, 4.69) is 10.3 Å². The number of benzene rings is 2. The summed E-state index contributed by atoms with van der Waals surface area (Å²) in [7, 11) is -3.77. The lowest BCUT2D eigenvalue weighted by molar-refractivity contribution is -0.121.